The van der Waals surface area contributed by atoms with E-state index in [4.69, 9.17) is 0 Å². The van der Waals surface area contributed by atoms with Gasteiger partial charge in [-0.3, -0.25) is 0 Å². The SMILES string of the molecule is O=S(=O)(c1ccccc1C(F)(F)F)N1CC(n2ccnn2)C1. The molecule has 10 heteroatoms. The van der Waals surface area contributed by atoms with Gasteiger partial charge in [-0.2, -0.15) is 17.5 Å². The maximum absolute atomic E-state index is 13.0. The van der Waals surface area contributed by atoms with Crippen LogP contribution in [0.25, 0.3) is 0 Å². The lowest BCUT2D eigenvalue weighted by atomic mass is 10.2. The summed E-state index contributed by atoms with van der Waals surface area (Å²) in [4.78, 5) is -0.723. The van der Waals surface area contributed by atoms with Crippen LogP contribution in [-0.2, 0) is 16.2 Å². The molecule has 0 radical (unpaired) electrons. The quantitative estimate of drug-likeness (QED) is 0.855. The molecule has 2 aromatic rings. The third-order valence-corrected chi connectivity index (χ3v) is 5.34. The number of halogens is 3. The second kappa shape index (κ2) is 5.06. The van der Waals surface area contributed by atoms with Gasteiger partial charge in [0.15, 0.2) is 0 Å². The van der Waals surface area contributed by atoms with Gasteiger partial charge in [0.2, 0.25) is 10.0 Å². The Morgan fingerprint density at radius 1 is 1.18 bits per heavy atom. The summed E-state index contributed by atoms with van der Waals surface area (Å²) in [5.74, 6) is 0. The van der Waals surface area contributed by atoms with Crippen molar-refractivity contribution in [3.05, 3.63) is 42.2 Å². The topological polar surface area (TPSA) is 68.1 Å². The lowest BCUT2D eigenvalue weighted by molar-refractivity contribution is -0.139. The van der Waals surface area contributed by atoms with Crippen LogP contribution in [0.1, 0.15) is 11.6 Å². The molecule has 1 saturated heterocycles. The highest BCUT2D eigenvalue weighted by molar-refractivity contribution is 7.89. The molecule has 0 spiro atoms. The van der Waals surface area contributed by atoms with E-state index in [1.165, 1.54) is 16.9 Å². The zero-order valence-electron chi connectivity index (χ0n) is 11.1. The van der Waals surface area contributed by atoms with Crippen molar-refractivity contribution in [1.29, 1.82) is 0 Å². The van der Waals surface area contributed by atoms with Crippen molar-refractivity contribution in [2.45, 2.75) is 17.1 Å². The second-order valence-electron chi connectivity index (χ2n) is 4.85. The molecule has 0 N–H and O–H groups in total. The van der Waals surface area contributed by atoms with Crippen LogP contribution in [0.2, 0.25) is 0 Å². The first kappa shape index (κ1) is 15.0. The second-order valence-corrected chi connectivity index (χ2v) is 6.76. The van der Waals surface area contributed by atoms with Crippen LogP contribution in [0.15, 0.2) is 41.6 Å². The van der Waals surface area contributed by atoms with Crippen molar-refractivity contribution in [3.8, 4) is 0 Å². The maximum Gasteiger partial charge on any atom is 0.417 e. The number of nitrogens with zero attached hydrogens (tertiary/aromatic N) is 4. The molecule has 6 nitrogen and oxygen atoms in total. The fraction of sp³-hybridized carbons (Fsp3) is 0.333. The lowest BCUT2D eigenvalue weighted by Gasteiger charge is -2.37. The molecule has 1 aliphatic heterocycles. The molecule has 0 unspecified atom stereocenters. The van der Waals surface area contributed by atoms with E-state index >= 15 is 0 Å². The molecule has 3 rings (SSSR count). The molecule has 1 aromatic heterocycles. The molecular weight excluding hydrogens is 321 g/mol. The molecule has 1 fully saturated rings. The number of rotatable bonds is 3. The van der Waals surface area contributed by atoms with Crippen LogP contribution in [0.3, 0.4) is 0 Å². The monoisotopic (exact) mass is 332 g/mol. The first-order valence-electron chi connectivity index (χ1n) is 6.32. The number of hydrogen-bond donors (Lipinski definition) is 0. The summed E-state index contributed by atoms with van der Waals surface area (Å²) in [5, 5.41) is 7.36. The minimum Gasteiger partial charge on any atom is -0.247 e. The van der Waals surface area contributed by atoms with E-state index in [-0.39, 0.29) is 19.1 Å². The van der Waals surface area contributed by atoms with Crippen LogP contribution >= 0.6 is 0 Å². The van der Waals surface area contributed by atoms with Gasteiger partial charge in [0, 0.05) is 19.3 Å². The number of hydrogen-bond acceptors (Lipinski definition) is 4. The predicted molar refractivity (Wildman–Crippen MR) is 69.3 cm³/mol. The lowest BCUT2D eigenvalue weighted by Crippen LogP contribution is -2.51. The molecule has 0 aliphatic carbocycles. The smallest absolute Gasteiger partial charge is 0.247 e. The van der Waals surface area contributed by atoms with E-state index in [2.05, 4.69) is 10.3 Å². The molecule has 2 heterocycles. The maximum atomic E-state index is 13.0. The van der Waals surface area contributed by atoms with Gasteiger partial charge in [-0.1, -0.05) is 17.3 Å². The van der Waals surface area contributed by atoms with Crippen LogP contribution in [-0.4, -0.2) is 40.8 Å². The summed E-state index contributed by atoms with van der Waals surface area (Å²) in [7, 11) is -4.19. The van der Waals surface area contributed by atoms with Crippen LogP contribution < -0.4 is 0 Å². The molecule has 0 bridgehead atoms. The Hall–Kier alpha value is -1.94. The molecule has 1 aromatic carbocycles. The summed E-state index contributed by atoms with van der Waals surface area (Å²) in [5.41, 5.74) is -1.15. The molecule has 118 valence electrons. The van der Waals surface area contributed by atoms with Gasteiger partial charge < -0.3 is 0 Å². The van der Waals surface area contributed by atoms with Gasteiger partial charge in [-0.15, -0.1) is 5.10 Å². The largest absolute Gasteiger partial charge is 0.417 e. The number of benzene rings is 1. The molecule has 0 atom stereocenters. The van der Waals surface area contributed by atoms with E-state index in [1.807, 2.05) is 0 Å². The van der Waals surface area contributed by atoms with Crippen molar-refractivity contribution in [1.82, 2.24) is 19.3 Å². The van der Waals surface area contributed by atoms with Crippen LogP contribution in [0.4, 0.5) is 13.2 Å². The van der Waals surface area contributed by atoms with Crippen molar-refractivity contribution < 1.29 is 21.6 Å². The Balaban J connectivity index is 1.87. The predicted octanol–water partition coefficient (Wildman–Crippen LogP) is 1.54. The Morgan fingerprint density at radius 2 is 1.86 bits per heavy atom. The number of aromatic nitrogens is 3. The molecule has 0 amide bonds. The van der Waals surface area contributed by atoms with Crippen molar-refractivity contribution in [2.24, 2.45) is 0 Å². The minimum absolute atomic E-state index is 0.0673. The zero-order valence-corrected chi connectivity index (χ0v) is 11.9. The number of alkyl halides is 3. The van der Waals surface area contributed by atoms with Gasteiger partial charge in [-0.25, -0.2) is 13.1 Å². The van der Waals surface area contributed by atoms with Crippen molar-refractivity contribution in [2.75, 3.05) is 13.1 Å². The Kier molecular flexibility index (Phi) is 3.44. The Morgan fingerprint density at radius 3 is 2.45 bits per heavy atom. The summed E-state index contributed by atoms with van der Waals surface area (Å²) >= 11 is 0. The highest BCUT2D eigenvalue weighted by atomic mass is 32.2. The van der Waals surface area contributed by atoms with E-state index in [1.54, 1.807) is 6.20 Å². The first-order chi connectivity index (χ1) is 10.3. The van der Waals surface area contributed by atoms with Gasteiger partial charge in [0.25, 0.3) is 0 Å². The summed E-state index contributed by atoms with van der Waals surface area (Å²) in [6.07, 6.45) is -1.69. The first-order valence-corrected chi connectivity index (χ1v) is 7.76. The minimum atomic E-state index is -4.72. The van der Waals surface area contributed by atoms with Crippen LogP contribution in [0, 0.1) is 0 Å². The van der Waals surface area contributed by atoms with Crippen molar-refractivity contribution >= 4 is 10.0 Å². The zero-order chi connectivity index (χ0) is 16.0. The van der Waals surface area contributed by atoms with E-state index in [0.29, 0.717) is 0 Å². The van der Waals surface area contributed by atoms with Gasteiger partial charge >= 0.3 is 6.18 Å². The third kappa shape index (κ3) is 2.48. The van der Waals surface area contributed by atoms with Gasteiger partial charge in [0.1, 0.15) is 0 Å². The summed E-state index contributed by atoms with van der Waals surface area (Å²) in [6, 6.07) is 3.96. The van der Waals surface area contributed by atoms with E-state index in [0.717, 1.165) is 22.5 Å². The van der Waals surface area contributed by atoms with Gasteiger partial charge in [-0.05, 0) is 12.1 Å². The Labute approximate surface area is 124 Å². The van der Waals surface area contributed by atoms with E-state index in [9.17, 15) is 21.6 Å². The fourth-order valence-electron chi connectivity index (χ4n) is 2.26. The van der Waals surface area contributed by atoms with Gasteiger partial charge in [0.05, 0.1) is 22.7 Å². The summed E-state index contributed by atoms with van der Waals surface area (Å²) in [6.45, 7) is 0.135. The van der Waals surface area contributed by atoms with E-state index < -0.39 is 26.7 Å². The highest BCUT2D eigenvalue weighted by Gasteiger charge is 2.43. The molecule has 22 heavy (non-hydrogen) atoms. The normalized spacial score (nSPS) is 17.4. The fourth-order valence-corrected chi connectivity index (χ4v) is 3.98. The Bertz CT molecular complexity index is 768. The van der Waals surface area contributed by atoms with Crippen LogP contribution in [0.5, 0.6) is 0 Å². The summed E-state index contributed by atoms with van der Waals surface area (Å²) < 4.78 is 66.1. The average Bonchev–Trinajstić information content (AvgIpc) is 2.89. The molecule has 1 aliphatic rings. The number of sulfonamides is 1. The molecule has 0 saturated carbocycles. The average molecular weight is 332 g/mol. The third-order valence-electron chi connectivity index (χ3n) is 3.45. The molecular formula is C12H11F3N4O2S. The van der Waals surface area contributed by atoms with Crippen molar-refractivity contribution in [3.63, 3.8) is 0 Å². The standard InChI is InChI=1S/C12H11F3N4O2S/c13-12(14,15)10-3-1-2-4-11(10)22(20,21)18-7-9(8-18)19-6-5-16-17-19/h1-6,9H,7-8H2. The highest BCUT2D eigenvalue weighted by Crippen LogP contribution is 2.37.